The van der Waals surface area contributed by atoms with Gasteiger partial charge in [-0.2, -0.15) is 0 Å². The van der Waals surface area contributed by atoms with Gasteiger partial charge in [-0.25, -0.2) is 0 Å². The van der Waals surface area contributed by atoms with E-state index < -0.39 is 0 Å². The molecule has 0 bridgehead atoms. The molecule has 2 aromatic rings. The van der Waals surface area contributed by atoms with Gasteiger partial charge in [-0.15, -0.1) is 11.3 Å². The lowest BCUT2D eigenvalue weighted by atomic mass is 10.1. The fourth-order valence-corrected chi connectivity index (χ4v) is 4.67. The minimum absolute atomic E-state index is 0.0197. The fourth-order valence-electron chi connectivity index (χ4n) is 1.89. The van der Waals surface area contributed by atoms with Gasteiger partial charge in [-0.05, 0) is 62.5 Å². The van der Waals surface area contributed by atoms with Crippen LogP contribution in [0, 0.1) is 0 Å². The lowest BCUT2D eigenvalue weighted by molar-refractivity contribution is 0.0742. The average molecular weight is 418 g/mol. The molecule has 0 saturated heterocycles. The van der Waals surface area contributed by atoms with Gasteiger partial charge in [0.05, 0.1) is 19.2 Å². The van der Waals surface area contributed by atoms with Crippen molar-refractivity contribution in [3.8, 4) is 0 Å². The maximum atomic E-state index is 12.5. The van der Waals surface area contributed by atoms with Gasteiger partial charge in [0.1, 0.15) is 0 Å². The molecular weight excluding hydrogens is 404 g/mol. The Hall–Kier alpha value is -0.850. The van der Waals surface area contributed by atoms with Crippen LogP contribution < -0.4 is 5.73 Å². The second kappa shape index (κ2) is 6.28. The molecule has 1 atom stereocenters. The van der Waals surface area contributed by atoms with Gasteiger partial charge < -0.3 is 10.6 Å². The van der Waals surface area contributed by atoms with Crippen LogP contribution in [-0.4, -0.2) is 17.9 Å². The Labute approximate surface area is 139 Å². The number of amides is 1. The van der Waals surface area contributed by atoms with E-state index in [-0.39, 0.29) is 11.9 Å². The molecule has 0 fully saturated rings. The molecule has 0 aliphatic rings. The summed E-state index contributed by atoms with van der Waals surface area (Å²) in [5.74, 6) is -0.0197. The number of nitrogens with zero attached hydrogens (tertiary/aromatic N) is 1. The molecule has 1 unspecified atom stereocenters. The van der Waals surface area contributed by atoms with Crippen molar-refractivity contribution in [1.82, 2.24) is 4.90 Å². The van der Waals surface area contributed by atoms with Crippen LogP contribution in [0.5, 0.6) is 0 Å². The van der Waals surface area contributed by atoms with Crippen molar-refractivity contribution in [3.05, 3.63) is 49.0 Å². The third kappa shape index (κ3) is 3.24. The van der Waals surface area contributed by atoms with E-state index in [0.717, 1.165) is 13.1 Å². The van der Waals surface area contributed by atoms with E-state index in [4.69, 9.17) is 5.73 Å². The number of thiophene rings is 1. The maximum Gasteiger partial charge on any atom is 0.256 e. The molecular formula is C14H14Br2N2OS. The predicted molar refractivity (Wildman–Crippen MR) is 91.1 cm³/mol. The fraction of sp³-hybridized carbons (Fsp3) is 0.214. The van der Waals surface area contributed by atoms with Crippen LogP contribution in [0.15, 0.2) is 37.9 Å². The molecule has 1 aromatic heterocycles. The van der Waals surface area contributed by atoms with Crippen molar-refractivity contribution in [2.45, 2.75) is 13.0 Å². The van der Waals surface area contributed by atoms with Crippen LogP contribution in [0.1, 0.15) is 28.9 Å². The molecule has 0 saturated carbocycles. The Bertz CT molecular complexity index is 642. The molecule has 2 N–H and O–H groups in total. The minimum atomic E-state index is -0.0448. The quantitative estimate of drug-likeness (QED) is 0.736. The van der Waals surface area contributed by atoms with Gasteiger partial charge in [-0.3, -0.25) is 4.79 Å². The number of nitrogen functional groups attached to an aromatic ring is 1. The summed E-state index contributed by atoms with van der Waals surface area (Å²) in [5.41, 5.74) is 8.19. The van der Waals surface area contributed by atoms with Gasteiger partial charge in [0.15, 0.2) is 0 Å². The first-order valence-corrected chi connectivity index (χ1v) is 8.38. The van der Waals surface area contributed by atoms with Gasteiger partial charge >= 0.3 is 0 Å². The van der Waals surface area contributed by atoms with Gasteiger partial charge in [0.2, 0.25) is 0 Å². The Morgan fingerprint density at radius 1 is 1.35 bits per heavy atom. The number of rotatable bonds is 3. The average Bonchev–Trinajstić information content (AvgIpc) is 2.75. The molecule has 0 radical (unpaired) electrons. The molecule has 2 rings (SSSR count). The second-order valence-corrected chi connectivity index (χ2v) is 8.25. The standard InChI is InChI=1S/C14H14Br2N2OS/c1-8(9-4-3-5-10(17)6-9)18(2)14(19)11-7-12(15)20-13(11)16/h3-8H,17H2,1-2H3. The molecule has 3 nitrogen and oxygen atoms in total. The summed E-state index contributed by atoms with van der Waals surface area (Å²) >= 11 is 8.31. The summed E-state index contributed by atoms with van der Waals surface area (Å²) in [4.78, 5) is 14.2. The van der Waals surface area contributed by atoms with Crippen LogP contribution >= 0.6 is 43.2 Å². The smallest absolute Gasteiger partial charge is 0.256 e. The number of carbonyl (C=O) groups is 1. The SMILES string of the molecule is CC(c1cccc(N)c1)N(C)C(=O)c1cc(Br)sc1Br. The normalized spacial score (nSPS) is 12.2. The first kappa shape index (κ1) is 15.5. The summed E-state index contributed by atoms with van der Waals surface area (Å²) in [7, 11) is 1.80. The minimum Gasteiger partial charge on any atom is -0.399 e. The third-order valence-corrected chi connectivity index (χ3v) is 5.52. The molecule has 6 heteroatoms. The first-order chi connectivity index (χ1) is 9.40. The number of hydrogen-bond acceptors (Lipinski definition) is 3. The lowest BCUT2D eigenvalue weighted by Crippen LogP contribution is -2.29. The summed E-state index contributed by atoms with van der Waals surface area (Å²) in [6, 6.07) is 9.40. The number of halogens is 2. The molecule has 106 valence electrons. The van der Waals surface area contributed by atoms with E-state index in [0.29, 0.717) is 11.3 Å². The molecule has 1 heterocycles. The molecule has 0 spiro atoms. The highest BCUT2D eigenvalue weighted by Crippen LogP contribution is 2.33. The molecule has 20 heavy (non-hydrogen) atoms. The van der Waals surface area contributed by atoms with Crippen molar-refractivity contribution >= 4 is 54.8 Å². The van der Waals surface area contributed by atoms with Crippen LogP contribution in [0.3, 0.4) is 0 Å². The Morgan fingerprint density at radius 2 is 2.05 bits per heavy atom. The summed E-state index contributed by atoms with van der Waals surface area (Å²) in [6.07, 6.45) is 0. The van der Waals surface area contributed by atoms with Crippen molar-refractivity contribution in [2.24, 2.45) is 0 Å². The number of nitrogens with two attached hydrogens (primary N) is 1. The highest BCUT2D eigenvalue weighted by molar-refractivity contribution is 9.12. The van der Waals surface area contributed by atoms with Gasteiger partial charge in [-0.1, -0.05) is 12.1 Å². The third-order valence-electron chi connectivity index (χ3n) is 3.18. The van der Waals surface area contributed by atoms with Gasteiger partial charge in [0.25, 0.3) is 5.91 Å². The zero-order valence-electron chi connectivity index (χ0n) is 11.1. The zero-order valence-corrected chi connectivity index (χ0v) is 15.0. The Morgan fingerprint density at radius 3 is 2.60 bits per heavy atom. The topological polar surface area (TPSA) is 46.3 Å². The van der Waals surface area contributed by atoms with Crippen LogP contribution in [-0.2, 0) is 0 Å². The number of benzene rings is 1. The highest BCUT2D eigenvalue weighted by Gasteiger charge is 2.22. The van der Waals surface area contributed by atoms with E-state index in [9.17, 15) is 4.79 Å². The summed E-state index contributed by atoms with van der Waals surface area (Å²) < 4.78 is 1.76. The molecule has 0 aliphatic heterocycles. The molecule has 1 aromatic carbocycles. The zero-order chi connectivity index (χ0) is 14.9. The van der Waals surface area contributed by atoms with Crippen LogP contribution in [0.4, 0.5) is 5.69 Å². The van der Waals surface area contributed by atoms with E-state index >= 15 is 0 Å². The van der Waals surface area contributed by atoms with Crippen molar-refractivity contribution in [1.29, 1.82) is 0 Å². The number of anilines is 1. The summed E-state index contributed by atoms with van der Waals surface area (Å²) in [5, 5.41) is 0. The van der Waals surface area contributed by atoms with E-state index in [2.05, 4.69) is 31.9 Å². The number of carbonyl (C=O) groups excluding carboxylic acids is 1. The van der Waals surface area contributed by atoms with E-state index in [1.807, 2.05) is 37.3 Å². The largest absolute Gasteiger partial charge is 0.399 e. The van der Waals surface area contributed by atoms with Crippen LogP contribution in [0.2, 0.25) is 0 Å². The Balaban J connectivity index is 2.24. The maximum absolute atomic E-state index is 12.5. The van der Waals surface area contributed by atoms with Crippen LogP contribution in [0.25, 0.3) is 0 Å². The van der Waals surface area contributed by atoms with E-state index in [1.54, 1.807) is 11.9 Å². The Kier molecular flexibility index (Phi) is 4.88. The highest BCUT2D eigenvalue weighted by atomic mass is 79.9. The number of hydrogen-bond donors (Lipinski definition) is 1. The van der Waals surface area contributed by atoms with Crippen molar-refractivity contribution in [3.63, 3.8) is 0 Å². The summed E-state index contributed by atoms with van der Waals surface area (Å²) in [6.45, 7) is 1.99. The monoisotopic (exact) mass is 416 g/mol. The molecule has 0 aliphatic carbocycles. The molecule has 1 amide bonds. The first-order valence-electron chi connectivity index (χ1n) is 5.97. The van der Waals surface area contributed by atoms with Crippen molar-refractivity contribution < 1.29 is 4.79 Å². The van der Waals surface area contributed by atoms with E-state index in [1.165, 1.54) is 11.3 Å². The lowest BCUT2D eigenvalue weighted by Gasteiger charge is -2.25. The second-order valence-electron chi connectivity index (χ2n) is 4.50. The van der Waals surface area contributed by atoms with Gasteiger partial charge in [0, 0.05) is 12.7 Å². The predicted octanol–water partition coefficient (Wildman–Crippen LogP) is 4.69. The van der Waals surface area contributed by atoms with Crippen molar-refractivity contribution in [2.75, 3.05) is 12.8 Å².